The van der Waals surface area contributed by atoms with Gasteiger partial charge in [-0.2, -0.15) is 13.2 Å². The maximum Gasteiger partial charge on any atom is 0.420 e. The predicted octanol–water partition coefficient (Wildman–Crippen LogP) is 3.45. The van der Waals surface area contributed by atoms with Gasteiger partial charge in [-0.05, 0) is 40.5 Å². The summed E-state index contributed by atoms with van der Waals surface area (Å²) >= 11 is 0. The number of ether oxygens (including phenoxy) is 1. The van der Waals surface area contributed by atoms with Crippen LogP contribution < -0.4 is 0 Å². The summed E-state index contributed by atoms with van der Waals surface area (Å²) in [5, 5.41) is 9.76. The SMILES string of the molecule is CCC(C)(C)C(=O)OC(C)(CC)C(C)(O)C(F)(F)F. The topological polar surface area (TPSA) is 46.5 Å². The fraction of sp³-hybridized carbons (Fsp3) is 0.923. The Labute approximate surface area is 112 Å². The fourth-order valence-corrected chi connectivity index (χ4v) is 1.30. The summed E-state index contributed by atoms with van der Waals surface area (Å²) in [5.74, 6) is -0.746. The van der Waals surface area contributed by atoms with E-state index in [9.17, 15) is 23.1 Å². The lowest BCUT2D eigenvalue weighted by molar-refractivity contribution is -0.312. The molecule has 0 saturated carbocycles. The van der Waals surface area contributed by atoms with Crippen LogP contribution in [0.25, 0.3) is 0 Å². The third-order valence-electron chi connectivity index (χ3n) is 4.01. The minimum Gasteiger partial charge on any atom is -0.456 e. The zero-order chi connectivity index (χ0) is 15.7. The second-order valence-electron chi connectivity index (χ2n) is 5.78. The number of hydrogen-bond acceptors (Lipinski definition) is 3. The zero-order valence-electron chi connectivity index (χ0n) is 12.3. The van der Waals surface area contributed by atoms with Gasteiger partial charge in [0.05, 0.1) is 5.41 Å². The quantitative estimate of drug-likeness (QED) is 0.787. The molecule has 0 aliphatic heterocycles. The van der Waals surface area contributed by atoms with Gasteiger partial charge in [-0.15, -0.1) is 0 Å². The van der Waals surface area contributed by atoms with Crippen molar-refractivity contribution in [3.8, 4) is 0 Å². The van der Waals surface area contributed by atoms with Crippen LogP contribution in [0.1, 0.15) is 54.4 Å². The van der Waals surface area contributed by atoms with Crippen molar-refractivity contribution >= 4 is 5.97 Å². The average Bonchev–Trinajstić information content (AvgIpc) is 2.26. The van der Waals surface area contributed by atoms with E-state index in [1.165, 1.54) is 6.92 Å². The summed E-state index contributed by atoms with van der Waals surface area (Å²) in [6, 6.07) is 0. The molecule has 0 aromatic carbocycles. The van der Waals surface area contributed by atoms with Crippen molar-refractivity contribution in [2.24, 2.45) is 5.41 Å². The van der Waals surface area contributed by atoms with Crippen LogP contribution in [0.15, 0.2) is 0 Å². The van der Waals surface area contributed by atoms with Crippen molar-refractivity contribution in [3.05, 3.63) is 0 Å². The second kappa shape index (κ2) is 5.31. The number of halogens is 3. The summed E-state index contributed by atoms with van der Waals surface area (Å²) in [6.07, 6.45) is -4.60. The highest BCUT2D eigenvalue weighted by atomic mass is 19.4. The Kier molecular flexibility index (Phi) is 5.09. The third-order valence-corrected chi connectivity index (χ3v) is 4.01. The second-order valence-corrected chi connectivity index (χ2v) is 5.78. The van der Waals surface area contributed by atoms with Crippen LogP contribution in [-0.2, 0) is 9.53 Å². The van der Waals surface area contributed by atoms with Crippen LogP contribution in [0.3, 0.4) is 0 Å². The first-order valence-electron chi connectivity index (χ1n) is 6.27. The molecule has 0 saturated heterocycles. The summed E-state index contributed by atoms with van der Waals surface area (Å²) in [6.45, 7) is 8.09. The molecule has 2 atom stereocenters. The van der Waals surface area contributed by atoms with E-state index in [4.69, 9.17) is 4.74 Å². The molecule has 114 valence electrons. The van der Waals surface area contributed by atoms with E-state index >= 15 is 0 Å². The highest BCUT2D eigenvalue weighted by molar-refractivity contribution is 5.76. The van der Waals surface area contributed by atoms with Gasteiger partial charge in [-0.3, -0.25) is 4.79 Å². The Morgan fingerprint density at radius 3 is 1.74 bits per heavy atom. The molecule has 0 fully saturated rings. The largest absolute Gasteiger partial charge is 0.456 e. The smallest absolute Gasteiger partial charge is 0.420 e. The van der Waals surface area contributed by atoms with Crippen molar-refractivity contribution < 1.29 is 27.8 Å². The summed E-state index contributed by atoms with van der Waals surface area (Å²) in [5.41, 5.74) is -6.01. The van der Waals surface area contributed by atoms with Crippen molar-refractivity contribution in [2.45, 2.75) is 71.8 Å². The van der Waals surface area contributed by atoms with Crippen LogP contribution in [0.4, 0.5) is 13.2 Å². The fourth-order valence-electron chi connectivity index (χ4n) is 1.30. The molecule has 0 aliphatic carbocycles. The molecule has 0 aromatic rings. The lowest BCUT2D eigenvalue weighted by Gasteiger charge is -2.43. The average molecular weight is 284 g/mol. The molecule has 0 rings (SSSR count). The maximum atomic E-state index is 12.9. The number of hydrogen-bond donors (Lipinski definition) is 1. The summed E-state index contributed by atoms with van der Waals surface area (Å²) < 4.78 is 43.7. The van der Waals surface area contributed by atoms with E-state index in [1.807, 2.05) is 0 Å². The summed E-state index contributed by atoms with van der Waals surface area (Å²) in [4.78, 5) is 11.9. The maximum absolute atomic E-state index is 12.9. The molecule has 0 bridgehead atoms. The Balaban J connectivity index is 5.38. The molecular formula is C13H23F3O3. The van der Waals surface area contributed by atoms with E-state index in [0.717, 1.165) is 6.92 Å². The van der Waals surface area contributed by atoms with Crippen LogP contribution in [0.2, 0.25) is 0 Å². The first-order valence-corrected chi connectivity index (χ1v) is 6.27. The van der Waals surface area contributed by atoms with Gasteiger partial charge in [-0.25, -0.2) is 0 Å². The molecule has 2 unspecified atom stereocenters. The molecule has 0 aliphatic rings. The van der Waals surface area contributed by atoms with Crippen molar-refractivity contribution in [1.82, 2.24) is 0 Å². The molecule has 0 radical (unpaired) electrons. The van der Waals surface area contributed by atoms with Crippen LogP contribution >= 0.6 is 0 Å². The van der Waals surface area contributed by atoms with E-state index < -0.39 is 28.8 Å². The number of alkyl halides is 3. The molecule has 6 heteroatoms. The van der Waals surface area contributed by atoms with Gasteiger partial charge in [0.2, 0.25) is 0 Å². The van der Waals surface area contributed by atoms with Gasteiger partial charge >= 0.3 is 12.1 Å². The first kappa shape index (κ1) is 18.2. The minimum atomic E-state index is -4.88. The monoisotopic (exact) mass is 284 g/mol. The minimum absolute atomic E-state index is 0.148. The lowest BCUT2D eigenvalue weighted by Crippen LogP contribution is -2.61. The Morgan fingerprint density at radius 1 is 1.05 bits per heavy atom. The number of carbonyl (C=O) groups is 1. The van der Waals surface area contributed by atoms with E-state index in [2.05, 4.69) is 0 Å². The number of rotatable bonds is 5. The predicted molar refractivity (Wildman–Crippen MR) is 65.5 cm³/mol. The molecule has 19 heavy (non-hydrogen) atoms. The van der Waals surface area contributed by atoms with Crippen LogP contribution in [0, 0.1) is 5.41 Å². The molecule has 0 amide bonds. The van der Waals surface area contributed by atoms with Gasteiger partial charge < -0.3 is 9.84 Å². The molecule has 0 spiro atoms. The highest BCUT2D eigenvalue weighted by Crippen LogP contribution is 2.43. The molecule has 3 nitrogen and oxygen atoms in total. The molecule has 0 aromatic heterocycles. The first-order chi connectivity index (χ1) is 8.25. The molecule has 1 N–H and O–H groups in total. The van der Waals surface area contributed by atoms with Crippen molar-refractivity contribution in [1.29, 1.82) is 0 Å². The van der Waals surface area contributed by atoms with Gasteiger partial charge in [0.15, 0.2) is 5.60 Å². The standard InChI is InChI=1S/C13H23F3O3/c1-7-10(3,4)9(17)19-11(5,8-2)12(6,18)13(14,15)16/h18H,7-8H2,1-6H3. The Morgan fingerprint density at radius 2 is 1.47 bits per heavy atom. The zero-order valence-corrected chi connectivity index (χ0v) is 12.3. The number of esters is 1. The highest BCUT2D eigenvalue weighted by Gasteiger charge is 2.63. The van der Waals surface area contributed by atoms with Gasteiger partial charge in [0.25, 0.3) is 0 Å². The Bertz CT molecular complexity index is 335. The van der Waals surface area contributed by atoms with Gasteiger partial charge in [0, 0.05) is 0 Å². The van der Waals surface area contributed by atoms with E-state index in [0.29, 0.717) is 13.3 Å². The summed E-state index contributed by atoms with van der Waals surface area (Å²) in [7, 11) is 0. The van der Waals surface area contributed by atoms with Gasteiger partial charge in [-0.1, -0.05) is 13.8 Å². The number of carbonyl (C=O) groups excluding carboxylic acids is 1. The lowest BCUT2D eigenvalue weighted by atomic mass is 9.82. The van der Waals surface area contributed by atoms with Crippen molar-refractivity contribution in [2.75, 3.05) is 0 Å². The molecular weight excluding hydrogens is 261 g/mol. The third kappa shape index (κ3) is 3.41. The van der Waals surface area contributed by atoms with E-state index in [1.54, 1.807) is 20.8 Å². The van der Waals surface area contributed by atoms with Crippen molar-refractivity contribution in [3.63, 3.8) is 0 Å². The van der Waals surface area contributed by atoms with Crippen LogP contribution in [-0.4, -0.2) is 28.5 Å². The van der Waals surface area contributed by atoms with Gasteiger partial charge in [0.1, 0.15) is 5.60 Å². The number of aliphatic hydroxyl groups is 1. The Hall–Kier alpha value is -0.780. The molecule has 0 heterocycles. The normalized spacial score (nSPS) is 19.5. The van der Waals surface area contributed by atoms with Crippen LogP contribution in [0.5, 0.6) is 0 Å². The van der Waals surface area contributed by atoms with E-state index in [-0.39, 0.29) is 6.42 Å².